The number of pyridine rings is 1. The fourth-order valence-corrected chi connectivity index (χ4v) is 7.00. The van der Waals surface area contributed by atoms with Crippen LogP contribution in [0.3, 0.4) is 0 Å². The van der Waals surface area contributed by atoms with Crippen LogP contribution >= 0.6 is 22.9 Å². The van der Waals surface area contributed by atoms with Gasteiger partial charge in [-0.05, 0) is 81.3 Å². The molecule has 1 fully saturated rings. The van der Waals surface area contributed by atoms with Crippen molar-refractivity contribution in [3.05, 3.63) is 89.2 Å². The summed E-state index contributed by atoms with van der Waals surface area (Å²) in [5, 5.41) is 17.4. The smallest absolute Gasteiger partial charge is 0.337 e. The number of ether oxygens (including phenoxy) is 2. The minimum Gasteiger partial charge on any atom is -0.479 e. The molecule has 4 heterocycles. The number of hydrogen-bond acceptors (Lipinski definition) is 7. The fourth-order valence-electron chi connectivity index (χ4n) is 5.75. The van der Waals surface area contributed by atoms with Crippen LogP contribution in [0.1, 0.15) is 44.0 Å². The summed E-state index contributed by atoms with van der Waals surface area (Å²) in [6.07, 6.45) is 2.51. The van der Waals surface area contributed by atoms with Gasteiger partial charge in [0, 0.05) is 38.9 Å². The Morgan fingerprint density at radius 2 is 1.82 bits per heavy atom. The molecule has 1 aliphatic rings. The number of aliphatic carboxylic acids is 1. The Morgan fingerprint density at radius 1 is 1.07 bits per heavy atom. The van der Waals surface area contributed by atoms with Gasteiger partial charge in [-0.2, -0.15) is 5.10 Å². The summed E-state index contributed by atoms with van der Waals surface area (Å²) in [5.41, 5.74) is 6.95. The van der Waals surface area contributed by atoms with Crippen LogP contribution in [0.25, 0.3) is 54.1 Å². The molecule has 1 aliphatic heterocycles. The Morgan fingerprint density at radius 3 is 2.51 bits per heavy atom. The van der Waals surface area contributed by atoms with Crippen molar-refractivity contribution < 1.29 is 19.4 Å². The summed E-state index contributed by atoms with van der Waals surface area (Å²) >= 11 is 7.77. The number of aromatic nitrogens is 4. The largest absolute Gasteiger partial charge is 0.479 e. The molecule has 7 rings (SSSR count). The zero-order valence-electron chi connectivity index (χ0n) is 25.2. The van der Waals surface area contributed by atoms with E-state index in [9.17, 15) is 9.90 Å². The summed E-state index contributed by atoms with van der Waals surface area (Å²) in [6, 6.07) is 19.9. The maximum atomic E-state index is 12.7. The number of fused-ring (bicyclic) bond motifs is 2. The third-order valence-electron chi connectivity index (χ3n) is 7.88. The lowest BCUT2D eigenvalue weighted by molar-refractivity contribution is -0.160. The standard InChI is InChI=1S/C35H31ClN4O4S/c1-19-13-27-32(30(20-5-8-24(36)9-6-20)29(19)31(34(41)42)44-35(2,3)4)45-33(39-27)22-11-12-37-26(15-22)21-7-10-28-23(14-21)16-38-40(28)25-17-43-18-25/h5-16,25,31H,17-18H2,1-4H3,(H,41,42). The number of carboxylic acids is 1. The molecule has 1 unspecified atom stereocenters. The molecule has 0 aliphatic carbocycles. The number of nitrogens with zero attached hydrogens (tertiary/aromatic N) is 4. The topological polar surface area (TPSA) is 99.4 Å². The van der Waals surface area contributed by atoms with E-state index < -0.39 is 17.7 Å². The maximum absolute atomic E-state index is 12.7. The van der Waals surface area contributed by atoms with Gasteiger partial charge in [0.05, 0.1) is 52.5 Å². The number of hydrogen-bond donors (Lipinski definition) is 1. The highest BCUT2D eigenvalue weighted by molar-refractivity contribution is 7.22. The van der Waals surface area contributed by atoms with Gasteiger partial charge >= 0.3 is 5.97 Å². The van der Waals surface area contributed by atoms with E-state index in [0.717, 1.165) is 59.6 Å². The molecule has 3 aromatic heterocycles. The first-order chi connectivity index (χ1) is 21.6. The van der Waals surface area contributed by atoms with Crippen LogP contribution in [0.5, 0.6) is 0 Å². The van der Waals surface area contributed by atoms with Gasteiger partial charge in [0.1, 0.15) is 5.01 Å². The second kappa shape index (κ2) is 11.3. The van der Waals surface area contributed by atoms with E-state index in [1.54, 1.807) is 6.20 Å². The number of rotatable bonds is 7. The zero-order chi connectivity index (χ0) is 31.5. The summed E-state index contributed by atoms with van der Waals surface area (Å²) in [7, 11) is 0. The van der Waals surface area contributed by atoms with Crippen molar-refractivity contribution in [2.75, 3.05) is 13.2 Å². The second-order valence-corrected chi connectivity index (χ2v) is 13.7. The molecule has 3 aromatic carbocycles. The van der Waals surface area contributed by atoms with Crippen molar-refractivity contribution in [3.63, 3.8) is 0 Å². The highest BCUT2D eigenvalue weighted by Crippen LogP contribution is 2.44. The quantitative estimate of drug-likeness (QED) is 0.187. The van der Waals surface area contributed by atoms with Crippen LogP contribution in [-0.4, -0.2) is 49.6 Å². The van der Waals surface area contributed by atoms with Crippen molar-refractivity contribution >= 4 is 50.0 Å². The van der Waals surface area contributed by atoms with Gasteiger partial charge < -0.3 is 14.6 Å². The van der Waals surface area contributed by atoms with E-state index >= 15 is 0 Å². The molecule has 6 aromatic rings. The molecule has 228 valence electrons. The van der Waals surface area contributed by atoms with Crippen molar-refractivity contribution in [3.8, 4) is 33.0 Å². The predicted molar refractivity (Wildman–Crippen MR) is 178 cm³/mol. The van der Waals surface area contributed by atoms with Crippen LogP contribution in [0.2, 0.25) is 5.02 Å². The SMILES string of the molecule is Cc1cc2nc(-c3ccnc(-c4ccc5c(cnn5C5COC5)c4)c3)sc2c(-c2ccc(Cl)cc2)c1C(OC(C)(C)C)C(=O)O. The van der Waals surface area contributed by atoms with E-state index in [2.05, 4.69) is 28.3 Å². The molecule has 0 saturated carbocycles. The van der Waals surface area contributed by atoms with E-state index in [4.69, 9.17) is 26.1 Å². The van der Waals surface area contributed by atoms with Crippen molar-refractivity contribution in [2.24, 2.45) is 0 Å². The van der Waals surface area contributed by atoms with E-state index in [1.807, 2.05) is 81.0 Å². The molecule has 1 saturated heterocycles. The summed E-state index contributed by atoms with van der Waals surface area (Å²) < 4.78 is 14.4. The Balaban J connectivity index is 1.34. The van der Waals surface area contributed by atoms with Gasteiger partial charge in [-0.15, -0.1) is 11.3 Å². The Kier molecular flexibility index (Phi) is 7.44. The van der Waals surface area contributed by atoms with E-state index in [1.165, 1.54) is 11.3 Å². The van der Waals surface area contributed by atoms with Crippen molar-refractivity contribution in [1.82, 2.24) is 19.7 Å². The lowest BCUT2D eigenvalue weighted by Crippen LogP contribution is -2.31. The summed E-state index contributed by atoms with van der Waals surface area (Å²) in [6.45, 7) is 8.86. The number of halogens is 1. The van der Waals surface area contributed by atoms with E-state index in [0.29, 0.717) is 23.8 Å². The first-order valence-corrected chi connectivity index (χ1v) is 15.9. The van der Waals surface area contributed by atoms with Gasteiger partial charge in [0.25, 0.3) is 0 Å². The molecule has 1 N–H and O–H groups in total. The highest BCUT2D eigenvalue weighted by Gasteiger charge is 2.32. The molecule has 0 amide bonds. The van der Waals surface area contributed by atoms with Gasteiger partial charge in [-0.25, -0.2) is 9.78 Å². The van der Waals surface area contributed by atoms with Crippen LogP contribution < -0.4 is 0 Å². The summed E-state index contributed by atoms with van der Waals surface area (Å²) in [4.78, 5) is 22.4. The van der Waals surface area contributed by atoms with Crippen molar-refractivity contribution in [2.45, 2.75) is 45.4 Å². The molecule has 45 heavy (non-hydrogen) atoms. The molecular formula is C35H31ClN4O4S. The number of carbonyl (C=O) groups is 1. The van der Waals surface area contributed by atoms with Gasteiger partial charge in [-0.3, -0.25) is 9.67 Å². The lowest BCUT2D eigenvalue weighted by Gasteiger charge is -2.28. The summed E-state index contributed by atoms with van der Waals surface area (Å²) in [5.74, 6) is -1.05. The van der Waals surface area contributed by atoms with Crippen molar-refractivity contribution in [1.29, 1.82) is 0 Å². The monoisotopic (exact) mass is 638 g/mol. The van der Waals surface area contributed by atoms with Gasteiger partial charge in [-0.1, -0.05) is 29.8 Å². The normalized spacial score (nSPS) is 14.6. The number of thiazole rings is 1. The Hall–Kier alpha value is -4.15. The van der Waals surface area contributed by atoms with Crippen LogP contribution in [0.4, 0.5) is 0 Å². The van der Waals surface area contributed by atoms with E-state index in [-0.39, 0.29) is 6.04 Å². The Labute approximate surface area is 269 Å². The first-order valence-electron chi connectivity index (χ1n) is 14.7. The minimum absolute atomic E-state index is 0.279. The zero-order valence-corrected chi connectivity index (χ0v) is 26.8. The molecular weight excluding hydrogens is 608 g/mol. The lowest BCUT2D eigenvalue weighted by atomic mass is 9.91. The molecule has 8 nitrogen and oxygen atoms in total. The van der Waals surface area contributed by atoms with Crippen LogP contribution in [0.15, 0.2) is 73.1 Å². The third-order valence-corrected chi connectivity index (χ3v) is 9.27. The third kappa shape index (κ3) is 5.61. The molecule has 0 spiro atoms. The highest BCUT2D eigenvalue weighted by atomic mass is 35.5. The van der Waals surface area contributed by atoms with Crippen LogP contribution in [-0.2, 0) is 14.3 Å². The molecule has 0 bridgehead atoms. The van der Waals surface area contributed by atoms with Crippen LogP contribution in [0, 0.1) is 6.92 Å². The minimum atomic E-state index is -1.17. The average Bonchev–Trinajstić information content (AvgIpc) is 3.59. The second-order valence-electron chi connectivity index (χ2n) is 12.3. The maximum Gasteiger partial charge on any atom is 0.337 e. The van der Waals surface area contributed by atoms with Gasteiger partial charge in [0.2, 0.25) is 0 Å². The fraction of sp³-hybridized carbons (Fsp3) is 0.257. The molecule has 10 heteroatoms. The molecule has 1 atom stereocenters. The average molecular weight is 639 g/mol. The number of aryl methyl sites for hydroxylation is 1. The molecule has 0 radical (unpaired) electrons. The number of benzene rings is 3. The van der Waals surface area contributed by atoms with Gasteiger partial charge in [0.15, 0.2) is 6.10 Å². The Bertz CT molecular complexity index is 2080. The predicted octanol–water partition coefficient (Wildman–Crippen LogP) is 8.52. The first kappa shape index (κ1) is 29.6. The number of carboxylic acid groups (broad SMARTS) is 1.